The highest BCUT2D eigenvalue weighted by molar-refractivity contribution is 9.13. The molecule has 0 spiro atoms. The number of likely N-dealkylation sites (N-methyl/N-ethyl adjacent to an activating group) is 1. The minimum absolute atomic E-state index is 0.0856. The summed E-state index contributed by atoms with van der Waals surface area (Å²) >= 11 is 2.97. The summed E-state index contributed by atoms with van der Waals surface area (Å²) in [5.41, 5.74) is 5.36. The van der Waals surface area contributed by atoms with Gasteiger partial charge in [0.15, 0.2) is 0 Å². The molecule has 0 saturated heterocycles. The van der Waals surface area contributed by atoms with Crippen molar-refractivity contribution >= 4 is 26.0 Å². The third-order valence-corrected chi connectivity index (χ3v) is 5.75. The minimum Gasteiger partial charge on any atom is -0.399 e. The molecule has 0 atom stereocenters. The number of nitrogens with zero attached hydrogens (tertiary/aromatic N) is 1. The largest absolute Gasteiger partial charge is 0.399 e. The molecule has 12 heavy (non-hydrogen) atoms. The lowest BCUT2D eigenvalue weighted by Gasteiger charge is -2.26. The number of hydrogen-bond donors (Lipinski definition) is 1. The summed E-state index contributed by atoms with van der Waals surface area (Å²) in [7, 11) is -1.85. The summed E-state index contributed by atoms with van der Waals surface area (Å²) < 4.78 is 24.3. The molecule has 0 aromatic rings. The molecule has 0 saturated carbocycles. The van der Waals surface area contributed by atoms with Crippen LogP contribution in [0.4, 0.5) is 0 Å². The fourth-order valence-corrected chi connectivity index (χ4v) is 3.57. The molecule has 1 aliphatic rings. The third-order valence-electron chi connectivity index (χ3n) is 2.25. The minimum atomic E-state index is -3.36. The van der Waals surface area contributed by atoms with Crippen LogP contribution in [0.1, 0.15) is 13.8 Å². The van der Waals surface area contributed by atoms with Gasteiger partial charge in [-0.1, -0.05) is 0 Å². The number of halogens is 1. The summed E-state index contributed by atoms with van der Waals surface area (Å²) in [6.07, 6.45) is 0. The molecule has 0 radical (unpaired) electrons. The van der Waals surface area contributed by atoms with Crippen LogP contribution in [0.15, 0.2) is 9.51 Å². The van der Waals surface area contributed by atoms with Crippen LogP contribution in [0.5, 0.6) is 0 Å². The maximum absolute atomic E-state index is 11.5. The highest BCUT2D eigenvalue weighted by Crippen LogP contribution is 2.38. The monoisotopic (exact) mass is 254 g/mol. The molecule has 2 N–H and O–H groups in total. The summed E-state index contributed by atoms with van der Waals surface area (Å²) in [6, 6.07) is 0. The van der Waals surface area contributed by atoms with Crippen LogP contribution in [-0.4, -0.2) is 25.3 Å². The lowest BCUT2D eigenvalue weighted by molar-refractivity contribution is 0.325. The van der Waals surface area contributed by atoms with Gasteiger partial charge in [0.25, 0.3) is 10.0 Å². The molecular weight excluding hydrogens is 244 g/mol. The Morgan fingerprint density at radius 1 is 1.50 bits per heavy atom. The molecule has 0 fully saturated rings. The van der Waals surface area contributed by atoms with Crippen LogP contribution in [-0.2, 0) is 10.0 Å². The molecule has 0 aliphatic carbocycles. The van der Waals surface area contributed by atoms with Crippen LogP contribution >= 0.6 is 15.9 Å². The normalized spacial score (nSPS) is 28.0. The van der Waals surface area contributed by atoms with Gasteiger partial charge in [-0.3, -0.25) is 0 Å². The molecule has 0 amide bonds. The highest BCUT2D eigenvalue weighted by atomic mass is 79.9. The second kappa shape index (κ2) is 2.46. The molecule has 6 heteroatoms. The first-order chi connectivity index (χ1) is 5.22. The fraction of sp³-hybridized carbons (Fsp3) is 0.667. The van der Waals surface area contributed by atoms with Gasteiger partial charge in [-0.25, -0.2) is 8.42 Å². The molecule has 1 rings (SSSR count). The number of rotatable bonds is 0. The predicted molar refractivity (Wildman–Crippen MR) is 50.9 cm³/mol. The van der Waals surface area contributed by atoms with E-state index in [1.807, 2.05) is 0 Å². The van der Waals surface area contributed by atoms with Crippen LogP contribution in [0.25, 0.3) is 0 Å². The van der Waals surface area contributed by atoms with Crippen molar-refractivity contribution < 1.29 is 8.42 Å². The van der Waals surface area contributed by atoms with Crippen molar-refractivity contribution in [2.75, 3.05) is 7.05 Å². The van der Waals surface area contributed by atoms with Crippen LogP contribution in [0.3, 0.4) is 0 Å². The maximum Gasteiger partial charge on any atom is 0.252 e. The van der Waals surface area contributed by atoms with Gasteiger partial charge in [-0.05, 0) is 29.8 Å². The van der Waals surface area contributed by atoms with Crippen molar-refractivity contribution in [1.82, 2.24) is 4.31 Å². The Bertz CT molecular complexity index is 345. The topological polar surface area (TPSA) is 63.4 Å². The second-order valence-electron chi connectivity index (χ2n) is 3.22. The smallest absolute Gasteiger partial charge is 0.252 e. The molecule has 0 unspecified atom stereocenters. The average Bonchev–Trinajstić information content (AvgIpc) is 2.06. The van der Waals surface area contributed by atoms with Gasteiger partial charge >= 0.3 is 0 Å². The molecule has 1 heterocycles. The number of hydrogen-bond acceptors (Lipinski definition) is 3. The zero-order valence-corrected chi connectivity index (χ0v) is 9.53. The quantitative estimate of drug-likeness (QED) is 0.688. The van der Waals surface area contributed by atoms with Gasteiger partial charge in [-0.15, -0.1) is 0 Å². The van der Waals surface area contributed by atoms with Crippen molar-refractivity contribution in [3.63, 3.8) is 0 Å². The number of nitrogens with two attached hydrogens (primary N) is 1. The van der Waals surface area contributed by atoms with Crippen LogP contribution in [0, 0.1) is 0 Å². The molecule has 4 nitrogen and oxygen atoms in total. The van der Waals surface area contributed by atoms with E-state index in [2.05, 4.69) is 15.9 Å². The standard InChI is InChI=1S/C6H11BrN2O2S/c1-6(2)4(8)5(7)12(10,11)9(6)3/h8H2,1-3H3. The Kier molecular flexibility index (Phi) is 2.05. The van der Waals surface area contributed by atoms with Crippen LogP contribution < -0.4 is 5.73 Å². The Morgan fingerprint density at radius 2 is 1.92 bits per heavy atom. The summed E-state index contributed by atoms with van der Waals surface area (Å²) in [6.45, 7) is 3.52. The van der Waals surface area contributed by atoms with E-state index in [-0.39, 0.29) is 3.81 Å². The van der Waals surface area contributed by atoms with Crippen molar-refractivity contribution in [2.24, 2.45) is 5.73 Å². The van der Waals surface area contributed by atoms with E-state index in [0.717, 1.165) is 0 Å². The Hall–Kier alpha value is -0.0700. The molecule has 0 bridgehead atoms. The first-order valence-electron chi connectivity index (χ1n) is 3.37. The molecule has 0 aromatic carbocycles. The predicted octanol–water partition coefficient (Wildman–Crippen LogP) is 0.563. The van der Waals surface area contributed by atoms with Gasteiger partial charge in [-0.2, -0.15) is 4.31 Å². The average molecular weight is 255 g/mol. The van der Waals surface area contributed by atoms with E-state index in [9.17, 15) is 8.42 Å². The first kappa shape index (κ1) is 10.0. The zero-order valence-electron chi connectivity index (χ0n) is 7.13. The van der Waals surface area contributed by atoms with Gasteiger partial charge < -0.3 is 5.73 Å². The lowest BCUT2D eigenvalue weighted by atomic mass is 10.0. The van der Waals surface area contributed by atoms with Gasteiger partial charge in [0.1, 0.15) is 3.81 Å². The highest BCUT2D eigenvalue weighted by Gasteiger charge is 2.46. The van der Waals surface area contributed by atoms with Gasteiger partial charge in [0.2, 0.25) is 0 Å². The molecule has 0 aromatic heterocycles. The van der Waals surface area contributed by atoms with E-state index in [1.165, 1.54) is 11.4 Å². The van der Waals surface area contributed by atoms with Crippen molar-refractivity contribution in [1.29, 1.82) is 0 Å². The third kappa shape index (κ3) is 1.02. The van der Waals surface area contributed by atoms with Crippen molar-refractivity contribution in [3.05, 3.63) is 9.51 Å². The Labute approximate surface area is 80.6 Å². The van der Waals surface area contributed by atoms with Crippen molar-refractivity contribution in [3.8, 4) is 0 Å². The molecule has 70 valence electrons. The van der Waals surface area contributed by atoms with Gasteiger partial charge in [0.05, 0.1) is 11.2 Å². The SMILES string of the molecule is CN1C(C)(C)C(N)=C(Br)S1(=O)=O. The van der Waals surface area contributed by atoms with Gasteiger partial charge in [0, 0.05) is 7.05 Å². The molecule has 1 aliphatic heterocycles. The number of sulfonamides is 1. The van der Waals surface area contributed by atoms with E-state index >= 15 is 0 Å². The van der Waals surface area contributed by atoms with E-state index in [0.29, 0.717) is 5.70 Å². The molecular formula is C6H11BrN2O2S. The van der Waals surface area contributed by atoms with Crippen molar-refractivity contribution in [2.45, 2.75) is 19.4 Å². The van der Waals surface area contributed by atoms with E-state index in [4.69, 9.17) is 5.73 Å². The summed E-state index contributed by atoms with van der Waals surface area (Å²) in [4.78, 5) is 0. The second-order valence-corrected chi connectivity index (χ2v) is 6.44. The summed E-state index contributed by atoms with van der Waals surface area (Å²) in [5.74, 6) is 0. The lowest BCUT2D eigenvalue weighted by Crippen LogP contribution is -2.41. The van der Waals surface area contributed by atoms with E-state index in [1.54, 1.807) is 13.8 Å². The van der Waals surface area contributed by atoms with E-state index < -0.39 is 15.6 Å². The maximum atomic E-state index is 11.5. The summed E-state index contributed by atoms with van der Waals surface area (Å²) in [5, 5.41) is 0. The Balaban J connectivity index is 3.42. The first-order valence-corrected chi connectivity index (χ1v) is 5.60. The van der Waals surface area contributed by atoms with Crippen LogP contribution in [0.2, 0.25) is 0 Å². The zero-order chi connectivity index (χ0) is 9.73. The Morgan fingerprint density at radius 3 is 2.00 bits per heavy atom. The fourth-order valence-electron chi connectivity index (χ4n) is 0.970.